The Hall–Kier alpha value is -3.68. The van der Waals surface area contributed by atoms with E-state index >= 15 is 0 Å². The maximum Gasteiger partial charge on any atom is 0.171 e. The number of nitrogens with zero attached hydrogens (tertiary/aromatic N) is 4. The van der Waals surface area contributed by atoms with Gasteiger partial charge in [-0.3, -0.25) is 0 Å². The third-order valence-corrected chi connectivity index (χ3v) is 6.27. The van der Waals surface area contributed by atoms with Crippen molar-refractivity contribution >= 4 is 11.9 Å². The van der Waals surface area contributed by atoms with Crippen molar-refractivity contribution in [1.82, 2.24) is 14.5 Å². The summed E-state index contributed by atoms with van der Waals surface area (Å²) in [6, 6.07) is 9.49. The van der Waals surface area contributed by atoms with Crippen LogP contribution < -0.4 is 4.74 Å². The molecule has 0 radical (unpaired) electrons. The smallest absolute Gasteiger partial charge is 0.171 e. The summed E-state index contributed by atoms with van der Waals surface area (Å²) in [6.07, 6.45) is 8.06. The van der Waals surface area contributed by atoms with Crippen molar-refractivity contribution in [2.75, 3.05) is 20.3 Å². The number of halogens is 2. The van der Waals surface area contributed by atoms with Gasteiger partial charge in [0.05, 0.1) is 30.9 Å². The fraction of sp³-hybridized carbons (Fsp3) is 0.308. The zero-order chi connectivity index (χ0) is 23.7. The van der Waals surface area contributed by atoms with Crippen LogP contribution in [-0.2, 0) is 4.84 Å². The van der Waals surface area contributed by atoms with E-state index in [4.69, 9.17) is 9.57 Å². The van der Waals surface area contributed by atoms with Crippen LogP contribution in [0, 0.1) is 18.6 Å². The van der Waals surface area contributed by atoms with Crippen molar-refractivity contribution in [2.45, 2.75) is 32.2 Å². The SMILES string of the molecule is COc1cc(/C=C2\CCCN3C2=NOCC[C@@H]3c2ccc(F)cc2F)ccc1-n1cnc(C)c1. The first-order valence-electron chi connectivity index (χ1n) is 11.3. The molecule has 3 heterocycles. The lowest BCUT2D eigenvalue weighted by atomic mass is 9.94. The van der Waals surface area contributed by atoms with Crippen molar-refractivity contribution < 1.29 is 18.4 Å². The molecule has 0 aliphatic carbocycles. The fourth-order valence-corrected chi connectivity index (χ4v) is 4.67. The van der Waals surface area contributed by atoms with Crippen LogP contribution in [-0.4, -0.2) is 40.5 Å². The predicted molar refractivity (Wildman–Crippen MR) is 126 cm³/mol. The quantitative estimate of drug-likeness (QED) is 0.517. The highest BCUT2D eigenvalue weighted by Gasteiger charge is 2.32. The van der Waals surface area contributed by atoms with E-state index in [2.05, 4.69) is 21.1 Å². The second-order valence-electron chi connectivity index (χ2n) is 8.54. The van der Waals surface area contributed by atoms with Crippen LogP contribution in [0.2, 0.25) is 0 Å². The minimum absolute atomic E-state index is 0.271. The van der Waals surface area contributed by atoms with E-state index in [0.717, 1.165) is 53.7 Å². The normalized spacial score (nSPS) is 19.3. The monoisotopic (exact) mass is 464 g/mol. The Morgan fingerprint density at radius 2 is 2.06 bits per heavy atom. The molecule has 176 valence electrons. The minimum atomic E-state index is -0.581. The summed E-state index contributed by atoms with van der Waals surface area (Å²) in [6.45, 7) is 3.03. The molecule has 34 heavy (non-hydrogen) atoms. The maximum absolute atomic E-state index is 14.7. The molecule has 5 rings (SSSR count). The minimum Gasteiger partial charge on any atom is -0.495 e. The summed E-state index contributed by atoms with van der Waals surface area (Å²) in [5.41, 5.74) is 4.26. The molecule has 6 nitrogen and oxygen atoms in total. The highest BCUT2D eigenvalue weighted by atomic mass is 19.1. The molecule has 0 bridgehead atoms. The number of hydrogen-bond acceptors (Lipinski definition) is 5. The molecular formula is C26H26F2N4O2. The number of imidazole rings is 1. The third kappa shape index (κ3) is 4.27. The molecule has 2 aliphatic rings. The molecule has 1 fully saturated rings. The lowest BCUT2D eigenvalue weighted by Gasteiger charge is -2.36. The largest absolute Gasteiger partial charge is 0.495 e. The average molecular weight is 465 g/mol. The Labute approximate surface area is 197 Å². The van der Waals surface area contributed by atoms with Gasteiger partial charge in [-0.25, -0.2) is 13.8 Å². The van der Waals surface area contributed by atoms with E-state index in [9.17, 15) is 8.78 Å². The molecule has 3 aromatic rings. The summed E-state index contributed by atoms with van der Waals surface area (Å²) in [7, 11) is 1.65. The van der Waals surface area contributed by atoms with E-state index in [0.29, 0.717) is 24.4 Å². The first-order chi connectivity index (χ1) is 16.5. The first-order valence-corrected chi connectivity index (χ1v) is 11.3. The molecule has 0 spiro atoms. The van der Waals surface area contributed by atoms with Gasteiger partial charge in [0.25, 0.3) is 0 Å². The van der Waals surface area contributed by atoms with E-state index < -0.39 is 11.6 Å². The number of ether oxygens (including phenoxy) is 1. The Balaban J connectivity index is 1.48. The average Bonchev–Trinajstić information content (AvgIpc) is 3.14. The molecule has 2 aromatic carbocycles. The summed E-state index contributed by atoms with van der Waals surface area (Å²) in [4.78, 5) is 11.9. The van der Waals surface area contributed by atoms with Crippen LogP contribution in [0.15, 0.2) is 59.7 Å². The second-order valence-corrected chi connectivity index (χ2v) is 8.54. The zero-order valence-electron chi connectivity index (χ0n) is 19.2. The van der Waals surface area contributed by atoms with Crippen LogP contribution in [0.4, 0.5) is 8.78 Å². The number of aromatic nitrogens is 2. The first kappa shape index (κ1) is 22.1. The Kier molecular flexibility index (Phi) is 6.04. The van der Waals surface area contributed by atoms with Gasteiger partial charge in [0.15, 0.2) is 5.84 Å². The van der Waals surface area contributed by atoms with Gasteiger partial charge in [0.1, 0.15) is 24.0 Å². The molecule has 0 N–H and O–H groups in total. The Morgan fingerprint density at radius 1 is 1.18 bits per heavy atom. The van der Waals surface area contributed by atoms with Crippen molar-refractivity contribution in [2.24, 2.45) is 5.16 Å². The van der Waals surface area contributed by atoms with Gasteiger partial charge in [0, 0.05) is 30.8 Å². The number of hydrogen-bond donors (Lipinski definition) is 0. The standard InChI is InChI=1S/C26H26F2N4O2/c1-17-15-31(16-29-17)24-8-5-18(13-25(24)33-2)12-19-4-3-10-32-23(9-11-34-30-26(19)32)21-7-6-20(27)14-22(21)28/h5-8,12-16,23H,3-4,9-11H2,1-2H3/b19-12+/t23-/m1/s1. The zero-order valence-corrected chi connectivity index (χ0v) is 19.2. The van der Waals surface area contributed by atoms with Crippen molar-refractivity contribution in [3.05, 3.63) is 83.0 Å². The molecule has 0 saturated carbocycles. The molecule has 8 heteroatoms. The molecule has 1 saturated heterocycles. The number of aryl methyl sites for hydroxylation is 1. The molecular weight excluding hydrogens is 438 g/mol. The molecule has 1 aromatic heterocycles. The number of benzene rings is 2. The summed E-state index contributed by atoms with van der Waals surface area (Å²) in [5.74, 6) is 0.301. The van der Waals surface area contributed by atoms with Gasteiger partial charge in [0.2, 0.25) is 0 Å². The second kappa shape index (κ2) is 9.29. The van der Waals surface area contributed by atoms with Gasteiger partial charge in [-0.15, -0.1) is 0 Å². The van der Waals surface area contributed by atoms with Crippen LogP contribution in [0.3, 0.4) is 0 Å². The van der Waals surface area contributed by atoms with Gasteiger partial charge >= 0.3 is 0 Å². The van der Waals surface area contributed by atoms with Gasteiger partial charge in [-0.1, -0.05) is 17.3 Å². The molecule has 1 atom stereocenters. The van der Waals surface area contributed by atoms with Crippen LogP contribution in [0.5, 0.6) is 5.75 Å². The number of piperidine rings is 1. The van der Waals surface area contributed by atoms with E-state index in [1.165, 1.54) is 12.1 Å². The topological polar surface area (TPSA) is 51.9 Å². The summed E-state index contributed by atoms with van der Waals surface area (Å²) >= 11 is 0. The Morgan fingerprint density at radius 3 is 2.82 bits per heavy atom. The lowest BCUT2D eigenvalue weighted by Crippen LogP contribution is -2.39. The molecule has 0 unspecified atom stereocenters. The van der Waals surface area contributed by atoms with Crippen molar-refractivity contribution in [3.63, 3.8) is 0 Å². The maximum atomic E-state index is 14.7. The number of rotatable bonds is 4. The molecule has 2 aliphatic heterocycles. The van der Waals surface area contributed by atoms with Gasteiger partial charge in [-0.05, 0) is 55.2 Å². The summed E-state index contributed by atoms with van der Waals surface area (Å²) in [5, 5.41) is 4.39. The molecule has 0 amide bonds. The van der Waals surface area contributed by atoms with Gasteiger partial charge in [-0.2, -0.15) is 0 Å². The summed E-state index contributed by atoms with van der Waals surface area (Å²) < 4.78 is 35.7. The van der Waals surface area contributed by atoms with E-state index in [1.807, 2.05) is 35.9 Å². The highest BCUT2D eigenvalue weighted by molar-refractivity contribution is 6.02. The van der Waals surface area contributed by atoms with E-state index in [-0.39, 0.29) is 6.04 Å². The predicted octanol–water partition coefficient (Wildman–Crippen LogP) is 5.42. The van der Waals surface area contributed by atoms with Crippen LogP contribution in [0.25, 0.3) is 11.8 Å². The fourth-order valence-electron chi connectivity index (χ4n) is 4.67. The highest BCUT2D eigenvalue weighted by Crippen LogP contribution is 2.35. The number of fused-ring (bicyclic) bond motifs is 1. The third-order valence-electron chi connectivity index (χ3n) is 6.27. The lowest BCUT2D eigenvalue weighted by molar-refractivity contribution is 0.140. The number of amidine groups is 1. The van der Waals surface area contributed by atoms with Crippen molar-refractivity contribution in [3.8, 4) is 11.4 Å². The van der Waals surface area contributed by atoms with Crippen LogP contribution in [0.1, 0.15) is 42.1 Å². The van der Waals surface area contributed by atoms with Gasteiger partial charge < -0.3 is 19.0 Å². The van der Waals surface area contributed by atoms with E-state index in [1.54, 1.807) is 13.4 Å². The number of oxime groups is 1. The van der Waals surface area contributed by atoms with Crippen molar-refractivity contribution in [1.29, 1.82) is 0 Å². The number of methoxy groups -OCH3 is 1. The van der Waals surface area contributed by atoms with Crippen LogP contribution >= 0.6 is 0 Å². The Bertz CT molecular complexity index is 1270.